The van der Waals surface area contributed by atoms with Crippen molar-refractivity contribution in [1.29, 1.82) is 0 Å². The van der Waals surface area contributed by atoms with Crippen molar-refractivity contribution < 1.29 is 4.79 Å². The van der Waals surface area contributed by atoms with Gasteiger partial charge in [0.15, 0.2) is 5.69 Å². The molecule has 26 heavy (non-hydrogen) atoms. The second-order valence-corrected chi connectivity index (χ2v) is 7.98. The van der Waals surface area contributed by atoms with Crippen molar-refractivity contribution in [2.75, 3.05) is 13.1 Å². The highest BCUT2D eigenvalue weighted by molar-refractivity contribution is 5.94. The Hall–Kier alpha value is -2.11. The molecule has 0 unspecified atom stereocenters. The second kappa shape index (κ2) is 6.89. The van der Waals surface area contributed by atoms with Gasteiger partial charge in [-0.15, -0.1) is 0 Å². The third-order valence-corrected chi connectivity index (χ3v) is 5.90. The SMILES string of the molecule is CC(C)n1ccnc1[C@@H]1CCCN(C(=O)c2nn(C)c3c2CCCC3)C1. The van der Waals surface area contributed by atoms with Gasteiger partial charge in [-0.3, -0.25) is 9.48 Å². The van der Waals surface area contributed by atoms with Crippen molar-refractivity contribution in [3.8, 4) is 0 Å². The van der Waals surface area contributed by atoms with Crippen LogP contribution >= 0.6 is 0 Å². The average molecular weight is 355 g/mol. The van der Waals surface area contributed by atoms with Crippen LogP contribution in [0, 0.1) is 0 Å². The lowest BCUT2D eigenvalue weighted by Crippen LogP contribution is -2.40. The lowest BCUT2D eigenvalue weighted by molar-refractivity contribution is 0.0695. The molecule has 6 heteroatoms. The van der Waals surface area contributed by atoms with Crippen molar-refractivity contribution in [2.24, 2.45) is 7.05 Å². The maximum atomic E-state index is 13.2. The standard InChI is InChI=1S/C20H29N5O/c1-14(2)25-12-10-21-19(25)15-7-6-11-24(13-15)20(26)18-16-8-4-5-9-17(16)23(3)22-18/h10,12,14-15H,4-9,11,13H2,1-3H3/t15-/m1/s1. The molecule has 1 amide bonds. The molecule has 140 valence electrons. The molecule has 0 radical (unpaired) electrons. The first-order valence-electron chi connectivity index (χ1n) is 9.93. The molecule has 0 saturated carbocycles. The fourth-order valence-corrected chi connectivity index (χ4v) is 4.54. The average Bonchev–Trinajstić information content (AvgIpc) is 3.27. The normalized spacial score (nSPS) is 20.5. The number of carbonyl (C=O) groups excluding carboxylic acids is 1. The molecule has 2 aromatic rings. The van der Waals surface area contributed by atoms with E-state index < -0.39 is 0 Å². The molecule has 0 aromatic carbocycles. The zero-order chi connectivity index (χ0) is 18.3. The monoisotopic (exact) mass is 355 g/mol. The highest BCUT2D eigenvalue weighted by Gasteiger charge is 2.32. The molecular formula is C20H29N5O. The van der Waals surface area contributed by atoms with Gasteiger partial charge in [-0.1, -0.05) is 0 Å². The summed E-state index contributed by atoms with van der Waals surface area (Å²) in [6.07, 6.45) is 10.4. The van der Waals surface area contributed by atoms with Crippen LogP contribution in [0.25, 0.3) is 0 Å². The molecule has 0 spiro atoms. The van der Waals surface area contributed by atoms with Gasteiger partial charge >= 0.3 is 0 Å². The van der Waals surface area contributed by atoms with E-state index in [0.717, 1.165) is 51.0 Å². The lowest BCUT2D eigenvalue weighted by atomic mass is 9.94. The molecule has 1 fully saturated rings. The molecule has 0 bridgehead atoms. The van der Waals surface area contributed by atoms with E-state index in [2.05, 4.69) is 34.7 Å². The number of carbonyl (C=O) groups is 1. The number of aryl methyl sites for hydroxylation is 1. The van der Waals surface area contributed by atoms with Gasteiger partial charge in [-0.25, -0.2) is 4.98 Å². The minimum absolute atomic E-state index is 0.108. The highest BCUT2D eigenvalue weighted by atomic mass is 16.2. The Kier molecular flexibility index (Phi) is 4.59. The first kappa shape index (κ1) is 17.3. The van der Waals surface area contributed by atoms with Gasteiger partial charge in [-0.2, -0.15) is 5.10 Å². The molecule has 4 rings (SSSR count). The fraction of sp³-hybridized carbons (Fsp3) is 0.650. The van der Waals surface area contributed by atoms with Crippen LogP contribution in [0.4, 0.5) is 0 Å². The third kappa shape index (κ3) is 2.95. The van der Waals surface area contributed by atoms with Crippen molar-refractivity contribution in [2.45, 2.75) is 64.3 Å². The van der Waals surface area contributed by atoms with E-state index >= 15 is 0 Å². The number of hydrogen-bond donors (Lipinski definition) is 0. The van der Waals surface area contributed by atoms with E-state index in [1.807, 2.05) is 22.8 Å². The van der Waals surface area contributed by atoms with Crippen LogP contribution in [0.15, 0.2) is 12.4 Å². The lowest BCUT2D eigenvalue weighted by Gasteiger charge is -2.33. The van der Waals surface area contributed by atoms with E-state index in [0.29, 0.717) is 17.7 Å². The molecule has 1 aliphatic carbocycles. The Balaban J connectivity index is 1.57. The summed E-state index contributed by atoms with van der Waals surface area (Å²) in [5, 5.41) is 4.61. The number of aromatic nitrogens is 4. The summed E-state index contributed by atoms with van der Waals surface area (Å²) in [5.41, 5.74) is 3.13. The predicted molar refractivity (Wildman–Crippen MR) is 100 cm³/mol. The zero-order valence-corrected chi connectivity index (χ0v) is 16.1. The largest absolute Gasteiger partial charge is 0.337 e. The van der Waals surface area contributed by atoms with Gasteiger partial charge in [0, 0.05) is 55.7 Å². The number of fused-ring (bicyclic) bond motifs is 1. The number of piperidine rings is 1. The number of hydrogen-bond acceptors (Lipinski definition) is 3. The summed E-state index contributed by atoms with van der Waals surface area (Å²) in [5.74, 6) is 1.53. The van der Waals surface area contributed by atoms with E-state index in [-0.39, 0.29) is 5.91 Å². The topological polar surface area (TPSA) is 56.0 Å². The van der Waals surface area contributed by atoms with Crippen molar-refractivity contribution >= 4 is 5.91 Å². The first-order valence-corrected chi connectivity index (χ1v) is 9.93. The minimum atomic E-state index is 0.108. The van der Waals surface area contributed by atoms with Crippen LogP contribution < -0.4 is 0 Å². The van der Waals surface area contributed by atoms with Gasteiger partial charge < -0.3 is 9.47 Å². The van der Waals surface area contributed by atoms with Gasteiger partial charge in [0.2, 0.25) is 0 Å². The molecule has 1 atom stereocenters. The van der Waals surface area contributed by atoms with Crippen LogP contribution in [-0.2, 0) is 19.9 Å². The fourth-order valence-electron chi connectivity index (χ4n) is 4.54. The smallest absolute Gasteiger partial charge is 0.274 e. The van der Waals surface area contributed by atoms with Gasteiger partial charge in [0.05, 0.1) is 0 Å². The van der Waals surface area contributed by atoms with Gasteiger partial charge in [-0.05, 0) is 52.4 Å². The van der Waals surface area contributed by atoms with Crippen LogP contribution in [0.3, 0.4) is 0 Å². The summed E-state index contributed by atoms with van der Waals surface area (Å²) in [4.78, 5) is 19.9. The Morgan fingerprint density at radius 3 is 2.85 bits per heavy atom. The minimum Gasteiger partial charge on any atom is -0.337 e. The van der Waals surface area contributed by atoms with E-state index in [4.69, 9.17) is 0 Å². The number of rotatable bonds is 3. The summed E-state index contributed by atoms with van der Waals surface area (Å²) in [7, 11) is 1.97. The quantitative estimate of drug-likeness (QED) is 0.850. The van der Waals surface area contributed by atoms with E-state index in [1.54, 1.807) is 0 Å². The molecule has 2 aromatic heterocycles. The van der Waals surface area contributed by atoms with E-state index in [1.165, 1.54) is 17.7 Å². The summed E-state index contributed by atoms with van der Waals surface area (Å²) >= 11 is 0. The summed E-state index contributed by atoms with van der Waals surface area (Å²) in [6, 6.07) is 0.390. The first-order chi connectivity index (χ1) is 12.6. The summed E-state index contributed by atoms with van der Waals surface area (Å²) < 4.78 is 4.16. The highest BCUT2D eigenvalue weighted by Crippen LogP contribution is 2.30. The molecule has 2 aliphatic rings. The summed E-state index contributed by atoms with van der Waals surface area (Å²) in [6.45, 7) is 5.92. The molecule has 6 nitrogen and oxygen atoms in total. The van der Waals surface area contributed by atoms with Crippen LogP contribution in [0.2, 0.25) is 0 Å². The Labute approximate surface area is 155 Å². The number of imidazole rings is 1. The van der Waals surface area contributed by atoms with Crippen molar-refractivity contribution in [3.05, 3.63) is 35.2 Å². The second-order valence-electron chi connectivity index (χ2n) is 7.98. The molecular weight excluding hydrogens is 326 g/mol. The van der Waals surface area contributed by atoms with Crippen molar-refractivity contribution in [3.63, 3.8) is 0 Å². The van der Waals surface area contributed by atoms with Crippen molar-refractivity contribution in [1.82, 2.24) is 24.2 Å². The molecule has 1 aliphatic heterocycles. The molecule has 0 N–H and O–H groups in total. The molecule has 3 heterocycles. The van der Waals surface area contributed by atoms with Crippen LogP contribution in [0.5, 0.6) is 0 Å². The number of likely N-dealkylation sites (tertiary alicyclic amines) is 1. The van der Waals surface area contributed by atoms with Crippen LogP contribution in [-0.4, -0.2) is 43.2 Å². The Bertz CT molecular complexity index is 803. The number of amides is 1. The maximum Gasteiger partial charge on any atom is 0.274 e. The van der Waals surface area contributed by atoms with Gasteiger partial charge in [0.1, 0.15) is 5.82 Å². The Morgan fingerprint density at radius 1 is 1.23 bits per heavy atom. The number of nitrogens with zero attached hydrogens (tertiary/aromatic N) is 5. The zero-order valence-electron chi connectivity index (χ0n) is 16.1. The van der Waals surface area contributed by atoms with E-state index in [9.17, 15) is 4.79 Å². The maximum absolute atomic E-state index is 13.2. The molecule has 1 saturated heterocycles. The van der Waals surface area contributed by atoms with Crippen LogP contribution in [0.1, 0.15) is 79.1 Å². The predicted octanol–water partition coefficient (Wildman–Crippen LogP) is 3.10. The Morgan fingerprint density at radius 2 is 2.04 bits per heavy atom. The third-order valence-electron chi connectivity index (χ3n) is 5.90. The van der Waals surface area contributed by atoms with Gasteiger partial charge in [0.25, 0.3) is 5.91 Å².